The fourth-order valence-electron chi connectivity index (χ4n) is 10.7. The van der Waals surface area contributed by atoms with Gasteiger partial charge in [0.25, 0.3) is 0 Å². The zero-order chi connectivity index (χ0) is 26.5. The lowest BCUT2D eigenvalue weighted by Gasteiger charge is -2.69. The van der Waals surface area contributed by atoms with Gasteiger partial charge in [0.15, 0.2) is 0 Å². The van der Waals surface area contributed by atoms with Crippen LogP contribution in [0.3, 0.4) is 0 Å². The number of hydrogen-bond acceptors (Lipinski definition) is 4. The second kappa shape index (κ2) is 8.07. The van der Waals surface area contributed by atoms with Crippen molar-refractivity contribution in [2.75, 3.05) is 7.11 Å². The Labute approximate surface area is 219 Å². The Morgan fingerprint density at radius 3 is 2.25 bits per heavy atom. The van der Waals surface area contributed by atoms with Crippen molar-refractivity contribution in [3.05, 3.63) is 11.6 Å². The van der Waals surface area contributed by atoms with E-state index in [-0.39, 0.29) is 44.4 Å². The van der Waals surface area contributed by atoms with Crippen molar-refractivity contribution in [3.8, 4) is 0 Å². The molecule has 0 spiro atoms. The Bertz CT molecular complexity index is 950. The van der Waals surface area contributed by atoms with Crippen molar-refractivity contribution in [1.29, 1.82) is 0 Å². The summed E-state index contributed by atoms with van der Waals surface area (Å²) in [5.74, 6) is 1.26. The van der Waals surface area contributed by atoms with Gasteiger partial charge in [0.1, 0.15) is 0 Å². The van der Waals surface area contributed by atoms with Crippen LogP contribution in [0.1, 0.15) is 113 Å². The minimum atomic E-state index is -0.673. The van der Waals surface area contributed by atoms with Gasteiger partial charge in [0.05, 0.1) is 24.7 Å². The smallest absolute Gasteiger partial charge is 0.312 e. The second-order valence-corrected chi connectivity index (χ2v) is 15.9. The van der Waals surface area contributed by atoms with Gasteiger partial charge < -0.3 is 14.9 Å². The molecule has 0 aliphatic heterocycles. The minimum absolute atomic E-state index is 0.00503. The third-order valence-electron chi connectivity index (χ3n) is 13.3. The largest absolute Gasteiger partial charge is 0.469 e. The number of carbonyl (C=O) groups excluding carboxylic acids is 1. The van der Waals surface area contributed by atoms with E-state index in [0.29, 0.717) is 18.3 Å². The molecule has 204 valence electrons. The molecule has 4 nitrogen and oxygen atoms in total. The molecule has 5 aliphatic carbocycles. The van der Waals surface area contributed by atoms with Crippen molar-refractivity contribution < 1.29 is 19.7 Å². The molecule has 0 heterocycles. The molecule has 0 aromatic carbocycles. The first-order chi connectivity index (χ1) is 16.6. The molecule has 9 atom stereocenters. The molecule has 0 aromatic heterocycles. The fraction of sp³-hybridized carbons (Fsp3) is 0.906. The van der Waals surface area contributed by atoms with Gasteiger partial charge in [-0.2, -0.15) is 0 Å². The summed E-state index contributed by atoms with van der Waals surface area (Å²) >= 11 is 0. The van der Waals surface area contributed by atoms with Crippen molar-refractivity contribution in [2.24, 2.45) is 50.2 Å². The number of hydrogen-bond donors (Lipinski definition) is 2. The number of aliphatic hydroxyl groups excluding tert-OH is 2. The SMILES string of the molecule is COC(=O)C12CCC(C)(C)CC1C1=CCC3C4(C)CC(O)C(O)C(C)(C)CC4CCC3(C)C1(C)CC2. The molecular formula is C32H52O4. The number of aliphatic hydroxyl groups is 2. The molecular weight excluding hydrogens is 448 g/mol. The molecule has 0 aromatic rings. The lowest BCUT2D eigenvalue weighted by molar-refractivity contribution is -0.177. The maximum absolute atomic E-state index is 13.4. The van der Waals surface area contributed by atoms with Crippen LogP contribution in [0.15, 0.2) is 11.6 Å². The van der Waals surface area contributed by atoms with Gasteiger partial charge >= 0.3 is 5.97 Å². The normalized spacial score (nSPS) is 51.4. The van der Waals surface area contributed by atoms with E-state index in [1.165, 1.54) is 6.42 Å². The number of fused-ring (bicyclic) bond motifs is 7. The Balaban J connectivity index is 1.59. The molecule has 0 bridgehead atoms. The van der Waals surface area contributed by atoms with Crippen LogP contribution in [-0.2, 0) is 9.53 Å². The van der Waals surface area contributed by atoms with Crippen LogP contribution < -0.4 is 0 Å². The van der Waals surface area contributed by atoms with E-state index in [2.05, 4.69) is 54.5 Å². The average molecular weight is 501 g/mol. The number of carbonyl (C=O) groups is 1. The highest BCUT2D eigenvalue weighted by atomic mass is 16.5. The lowest BCUT2D eigenvalue weighted by Crippen LogP contribution is -2.62. The van der Waals surface area contributed by atoms with Crippen LogP contribution in [0.4, 0.5) is 0 Å². The highest BCUT2D eigenvalue weighted by Gasteiger charge is 2.68. The van der Waals surface area contributed by atoms with Crippen LogP contribution in [0.25, 0.3) is 0 Å². The quantitative estimate of drug-likeness (QED) is 0.311. The molecule has 36 heavy (non-hydrogen) atoms. The van der Waals surface area contributed by atoms with E-state index < -0.39 is 12.2 Å². The number of esters is 1. The molecule has 0 radical (unpaired) electrons. The highest BCUT2D eigenvalue weighted by Crippen LogP contribution is 2.74. The lowest BCUT2D eigenvalue weighted by atomic mass is 9.35. The van der Waals surface area contributed by atoms with Gasteiger partial charge in [0, 0.05) is 0 Å². The summed E-state index contributed by atoms with van der Waals surface area (Å²) in [6.45, 7) is 16.5. The monoisotopic (exact) mass is 500 g/mol. The molecule has 4 saturated carbocycles. The summed E-state index contributed by atoms with van der Waals surface area (Å²) in [7, 11) is 1.57. The first-order valence-electron chi connectivity index (χ1n) is 14.7. The van der Waals surface area contributed by atoms with Gasteiger partial charge in [-0.3, -0.25) is 4.79 Å². The Morgan fingerprint density at radius 1 is 0.917 bits per heavy atom. The molecule has 9 unspecified atom stereocenters. The van der Waals surface area contributed by atoms with Crippen LogP contribution in [-0.4, -0.2) is 35.5 Å². The first-order valence-corrected chi connectivity index (χ1v) is 14.7. The molecule has 0 amide bonds. The van der Waals surface area contributed by atoms with Gasteiger partial charge in [-0.1, -0.05) is 60.1 Å². The van der Waals surface area contributed by atoms with Gasteiger partial charge in [-0.05, 0) is 109 Å². The van der Waals surface area contributed by atoms with Crippen LogP contribution in [0.2, 0.25) is 0 Å². The summed E-state index contributed by atoms with van der Waals surface area (Å²) in [5.41, 5.74) is 1.30. The molecule has 5 aliphatic rings. The number of rotatable bonds is 1. The zero-order valence-electron chi connectivity index (χ0n) is 24.2. The maximum atomic E-state index is 13.4. The summed E-state index contributed by atoms with van der Waals surface area (Å²) in [5, 5.41) is 22.2. The molecule has 2 N–H and O–H groups in total. The predicted molar refractivity (Wildman–Crippen MR) is 143 cm³/mol. The summed E-state index contributed by atoms with van der Waals surface area (Å²) < 4.78 is 5.49. The van der Waals surface area contributed by atoms with Crippen LogP contribution in [0.5, 0.6) is 0 Å². The minimum Gasteiger partial charge on any atom is -0.469 e. The van der Waals surface area contributed by atoms with E-state index in [4.69, 9.17) is 4.74 Å². The van der Waals surface area contributed by atoms with Crippen molar-refractivity contribution in [1.82, 2.24) is 0 Å². The Hall–Kier alpha value is -0.870. The Morgan fingerprint density at radius 2 is 1.58 bits per heavy atom. The van der Waals surface area contributed by atoms with E-state index in [0.717, 1.165) is 51.4 Å². The summed E-state index contributed by atoms with van der Waals surface area (Å²) in [6.07, 6.45) is 11.3. The third kappa shape index (κ3) is 3.41. The van der Waals surface area contributed by atoms with Crippen LogP contribution in [0, 0.1) is 50.2 Å². The molecule has 4 heteroatoms. The summed E-state index contributed by atoms with van der Waals surface area (Å²) in [4.78, 5) is 13.4. The van der Waals surface area contributed by atoms with E-state index in [1.54, 1.807) is 12.7 Å². The van der Waals surface area contributed by atoms with Gasteiger partial charge in [0.2, 0.25) is 0 Å². The number of allylic oxidation sites excluding steroid dienone is 2. The van der Waals surface area contributed by atoms with Crippen molar-refractivity contribution >= 4 is 5.97 Å². The second-order valence-electron chi connectivity index (χ2n) is 15.9. The van der Waals surface area contributed by atoms with E-state index >= 15 is 0 Å². The molecule has 0 saturated heterocycles. The molecule has 4 fully saturated rings. The first kappa shape index (κ1) is 26.7. The summed E-state index contributed by atoms with van der Waals surface area (Å²) in [6, 6.07) is 0. The number of ether oxygens (including phenoxy) is 1. The van der Waals surface area contributed by atoms with E-state index in [9.17, 15) is 15.0 Å². The maximum Gasteiger partial charge on any atom is 0.312 e. The topological polar surface area (TPSA) is 66.8 Å². The van der Waals surface area contributed by atoms with Crippen molar-refractivity contribution in [2.45, 2.75) is 125 Å². The standard InChI is InChI=1S/C32H52O4/c1-27(2)13-15-32(26(35)36-8)16-14-30(6)21(22(32)18-27)9-10-24-29(5)19-23(33)25(34)28(3,4)17-20(29)11-12-31(24,30)7/h9,20,22-25,33-34H,10-19H2,1-8H3. The third-order valence-corrected chi connectivity index (χ3v) is 13.3. The van der Waals surface area contributed by atoms with Gasteiger partial charge in [-0.25, -0.2) is 0 Å². The molecule has 5 rings (SSSR count). The predicted octanol–water partition coefficient (Wildman–Crippen LogP) is 6.68. The fourth-order valence-corrected chi connectivity index (χ4v) is 10.7. The van der Waals surface area contributed by atoms with E-state index in [1.807, 2.05) is 0 Å². The number of methoxy groups -OCH3 is 1. The average Bonchev–Trinajstić information content (AvgIpc) is 2.86. The Kier molecular flexibility index (Phi) is 5.99. The van der Waals surface area contributed by atoms with Crippen molar-refractivity contribution in [3.63, 3.8) is 0 Å². The zero-order valence-corrected chi connectivity index (χ0v) is 24.2. The highest BCUT2D eigenvalue weighted by molar-refractivity contribution is 5.78. The van der Waals surface area contributed by atoms with Crippen LogP contribution >= 0.6 is 0 Å². The van der Waals surface area contributed by atoms with Gasteiger partial charge in [-0.15, -0.1) is 0 Å².